The predicted molar refractivity (Wildman–Crippen MR) is 84.8 cm³/mol. The summed E-state index contributed by atoms with van der Waals surface area (Å²) in [7, 11) is 0. The Morgan fingerprint density at radius 3 is 2.57 bits per heavy atom. The number of nitrogens with one attached hydrogen (secondary N) is 1. The van der Waals surface area contributed by atoms with Crippen LogP contribution in [0.1, 0.15) is 44.7 Å². The van der Waals surface area contributed by atoms with Gasteiger partial charge in [-0.1, -0.05) is 43.7 Å². The van der Waals surface area contributed by atoms with E-state index in [9.17, 15) is 9.59 Å². The molecule has 0 aliphatic carbocycles. The van der Waals surface area contributed by atoms with Gasteiger partial charge in [0.15, 0.2) is 0 Å². The van der Waals surface area contributed by atoms with Crippen molar-refractivity contribution in [2.45, 2.75) is 53.1 Å². The molecule has 0 spiro atoms. The van der Waals surface area contributed by atoms with E-state index in [2.05, 4.69) is 5.32 Å². The van der Waals surface area contributed by atoms with Crippen molar-refractivity contribution >= 4 is 11.8 Å². The molecule has 0 aliphatic heterocycles. The topological polar surface area (TPSA) is 49.4 Å². The number of rotatable bonds is 7. The highest BCUT2D eigenvalue weighted by Gasteiger charge is 2.24. The normalized spacial score (nSPS) is 11.8. The lowest BCUT2D eigenvalue weighted by Gasteiger charge is -2.28. The van der Waals surface area contributed by atoms with Crippen LogP contribution in [0.3, 0.4) is 0 Å². The number of nitrogens with zero attached hydrogens (tertiary/aromatic N) is 1. The third-order valence-electron chi connectivity index (χ3n) is 3.45. The summed E-state index contributed by atoms with van der Waals surface area (Å²) >= 11 is 0. The molecule has 21 heavy (non-hydrogen) atoms. The lowest BCUT2D eigenvalue weighted by Crippen LogP contribution is -2.47. The Balaban J connectivity index is 2.85. The van der Waals surface area contributed by atoms with Crippen molar-refractivity contribution < 1.29 is 9.59 Å². The second-order valence-corrected chi connectivity index (χ2v) is 5.33. The number of hydrogen-bond acceptors (Lipinski definition) is 2. The molecule has 116 valence electrons. The van der Waals surface area contributed by atoms with Gasteiger partial charge in [0.25, 0.3) is 0 Å². The predicted octanol–water partition coefficient (Wildman–Crippen LogP) is 2.65. The van der Waals surface area contributed by atoms with Gasteiger partial charge in [-0.25, -0.2) is 0 Å². The van der Waals surface area contributed by atoms with Crippen LogP contribution in [0.25, 0.3) is 0 Å². The molecule has 0 saturated carbocycles. The second-order valence-electron chi connectivity index (χ2n) is 5.33. The van der Waals surface area contributed by atoms with Gasteiger partial charge in [-0.3, -0.25) is 9.59 Å². The molecule has 1 N–H and O–H groups in total. The zero-order valence-corrected chi connectivity index (χ0v) is 13.5. The summed E-state index contributed by atoms with van der Waals surface area (Å²) in [6.45, 7) is 8.74. The monoisotopic (exact) mass is 290 g/mol. The van der Waals surface area contributed by atoms with Crippen molar-refractivity contribution in [2.24, 2.45) is 0 Å². The van der Waals surface area contributed by atoms with E-state index in [-0.39, 0.29) is 11.8 Å². The molecule has 0 fully saturated rings. The largest absolute Gasteiger partial charge is 0.354 e. The Labute approximate surface area is 127 Å². The molecule has 1 rings (SSSR count). The third-order valence-corrected chi connectivity index (χ3v) is 3.45. The highest BCUT2D eigenvalue weighted by atomic mass is 16.2. The zero-order valence-electron chi connectivity index (χ0n) is 13.5. The lowest BCUT2D eigenvalue weighted by molar-refractivity contribution is -0.140. The van der Waals surface area contributed by atoms with Crippen LogP contribution in [-0.4, -0.2) is 29.3 Å². The molecule has 4 nitrogen and oxygen atoms in total. The molecule has 0 aliphatic rings. The molecule has 1 atom stereocenters. The van der Waals surface area contributed by atoms with Crippen molar-refractivity contribution in [1.82, 2.24) is 10.2 Å². The van der Waals surface area contributed by atoms with E-state index in [1.54, 1.807) is 11.8 Å². The molecule has 0 radical (unpaired) electrons. The van der Waals surface area contributed by atoms with Crippen molar-refractivity contribution in [2.75, 3.05) is 6.54 Å². The van der Waals surface area contributed by atoms with Crippen LogP contribution in [0.4, 0.5) is 0 Å². The van der Waals surface area contributed by atoms with Crippen LogP contribution in [0.2, 0.25) is 0 Å². The van der Waals surface area contributed by atoms with Crippen LogP contribution < -0.4 is 5.32 Å². The first-order chi connectivity index (χ1) is 9.99. The van der Waals surface area contributed by atoms with Crippen molar-refractivity contribution in [1.29, 1.82) is 0 Å². The van der Waals surface area contributed by atoms with Gasteiger partial charge in [0, 0.05) is 19.5 Å². The standard InChI is InChI=1S/C17H26N2O2/c1-5-10-18-17(21)14(4)19(16(20)6-2)12-15-9-7-8-13(3)11-15/h7-9,11,14H,5-6,10,12H2,1-4H3,(H,18,21)/t14-/m0/s1. The van der Waals surface area contributed by atoms with Gasteiger partial charge in [0.2, 0.25) is 11.8 Å². The minimum atomic E-state index is -0.454. The maximum absolute atomic E-state index is 12.2. The Hall–Kier alpha value is -1.84. The quantitative estimate of drug-likeness (QED) is 0.839. The Morgan fingerprint density at radius 2 is 2.00 bits per heavy atom. The second kappa shape index (κ2) is 8.45. The summed E-state index contributed by atoms with van der Waals surface area (Å²) in [5.74, 6) is -0.0954. The molecule has 1 aromatic carbocycles. The summed E-state index contributed by atoms with van der Waals surface area (Å²) in [6.07, 6.45) is 1.29. The van der Waals surface area contributed by atoms with Gasteiger partial charge in [-0.15, -0.1) is 0 Å². The average molecular weight is 290 g/mol. The molecule has 0 unspecified atom stereocenters. The average Bonchev–Trinajstić information content (AvgIpc) is 2.48. The third kappa shape index (κ3) is 5.21. The Kier molecular flexibility index (Phi) is 6.92. The van der Waals surface area contributed by atoms with Crippen LogP contribution in [0.15, 0.2) is 24.3 Å². The summed E-state index contributed by atoms with van der Waals surface area (Å²) in [4.78, 5) is 25.9. The molecule has 0 bridgehead atoms. The Bertz CT molecular complexity index is 485. The number of carbonyl (C=O) groups excluding carboxylic acids is 2. The number of amides is 2. The smallest absolute Gasteiger partial charge is 0.242 e. The van der Waals surface area contributed by atoms with E-state index >= 15 is 0 Å². The highest BCUT2D eigenvalue weighted by Crippen LogP contribution is 2.12. The van der Waals surface area contributed by atoms with Crippen molar-refractivity contribution in [3.8, 4) is 0 Å². The fraction of sp³-hybridized carbons (Fsp3) is 0.529. The SMILES string of the molecule is CCCNC(=O)[C@H](C)N(Cc1cccc(C)c1)C(=O)CC. The molecule has 0 aromatic heterocycles. The van der Waals surface area contributed by atoms with E-state index in [4.69, 9.17) is 0 Å². The van der Waals surface area contributed by atoms with Crippen LogP contribution in [0.5, 0.6) is 0 Å². The minimum absolute atomic E-state index is 0.00402. The summed E-state index contributed by atoms with van der Waals surface area (Å²) in [5, 5.41) is 2.86. The van der Waals surface area contributed by atoms with E-state index in [0.717, 1.165) is 17.5 Å². The Morgan fingerprint density at radius 1 is 1.29 bits per heavy atom. The van der Waals surface area contributed by atoms with Crippen LogP contribution >= 0.6 is 0 Å². The fourth-order valence-corrected chi connectivity index (χ4v) is 2.19. The van der Waals surface area contributed by atoms with Gasteiger partial charge in [0.05, 0.1) is 0 Å². The van der Waals surface area contributed by atoms with Crippen LogP contribution in [0, 0.1) is 6.92 Å². The van der Waals surface area contributed by atoms with E-state index in [0.29, 0.717) is 19.5 Å². The highest BCUT2D eigenvalue weighted by molar-refractivity contribution is 5.87. The van der Waals surface area contributed by atoms with E-state index in [1.807, 2.05) is 45.0 Å². The molecule has 2 amide bonds. The van der Waals surface area contributed by atoms with Crippen molar-refractivity contribution in [3.63, 3.8) is 0 Å². The first-order valence-corrected chi connectivity index (χ1v) is 7.62. The van der Waals surface area contributed by atoms with Crippen molar-refractivity contribution in [3.05, 3.63) is 35.4 Å². The summed E-state index contributed by atoms with van der Waals surface area (Å²) in [6, 6.07) is 7.57. The number of carbonyl (C=O) groups is 2. The first kappa shape index (κ1) is 17.2. The number of aryl methyl sites for hydroxylation is 1. The molecule has 0 heterocycles. The number of hydrogen-bond donors (Lipinski definition) is 1. The molecular weight excluding hydrogens is 264 g/mol. The summed E-state index contributed by atoms with van der Waals surface area (Å²) in [5.41, 5.74) is 2.20. The first-order valence-electron chi connectivity index (χ1n) is 7.62. The zero-order chi connectivity index (χ0) is 15.8. The van der Waals surface area contributed by atoms with Gasteiger partial charge >= 0.3 is 0 Å². The van der Waals surface area contributed by atoms with Gasteiger partial charge in [-0.05, 0) is 25.8 Å². The van der Waals surface area contributed by atoms with Gasteiger partial charge in [-0.2, -0.15) is 0 Å². The summed E-state index contributed by atoms with van der Waals surface area (Å²) < 4.78 is 0. The number of benzene rings is 1. The minimum Gasteiger partial charge on any atom is -0.354 e. The molecule has 4 heteroatoms. The molecule has 0 saturated heterocycles. The van der Waals surface area contributed by atoms with Gasteiger partial charge in [0.1, 0.15) is 6.04 Å². The fourth-order valence-electron chi connectivity index (χ4n) is 2.19. The van der Waals surface area contributed by atoms with E-state index in [1.165, 1.54) is 0 Å². The molecular formula is C17H26N2O2. The lowest BCUT2D eigenvalue weighted by atomic mass is 10.1. The van der Waals surface area contributed by atoms with Gasteiger partial charge < -0.3 is 10.2 Å². The maximum Gasteiger partial charge on any atom is 0.242 e. The van der Waals surface area contributed by atoms with E-state index < -0.39 is 6.04 Å². The molecule has 1 aromatic rings. The van der Waals surface area contributed by atoms with Crippen LogP contribution in [-0.2, 0) is 16.1 Å². The maximum atomic E-state index is 12.2.